The number of allylic oxidation sites excluding steroid dienone is 1. The number of aryl methyl sites for hydroxylation is 2. The van der Waals surface area contributed by atoms with Crippen molar-refractivity contribution < 1.29 is 9.53 Å². The van der Waals surface area contributed by atoms with Crippen molar-refractivity contribution in [2.24, 2.45) is 4.99 Å². The van der Waals surface area contributed by atoms with Crippen molar-refractivity contribution in [3.63, 3.8) is 0 Å². The molecular formula is C23H24N4O2. The Labute approximate surface area is 169 Å². The van der Waals surface area contributed by atoms with Gasteiger partial charge in [-0.25, -0.2) is 9.79 Å². The summed E-state index contributed by atoms with van der Waals surface area (Å²) in [6.07, 6.45) is 3.86. The molecule has 3 aromatic rings. The number of hydrogen-bond acceptors (Lipinski definition) is 3. The molecule has 6 nitrogen and oxygen atoms in total. The van der Waals surface area contributed by atoms with Crippen LogP contribution in [0.5, 0.6) is 0 Å². The van der Waals surface area contributed by atoms with Crippen molar-refractivity contribution in [3.05, 3.63) is 76.6 Å². The molecule has 0 fully saturated rings. The first kappa shape index (κ1) is 18.8. The fourth-order valence-electron chi connectivity index (χ4n) is 3.60. The van der Waals surface area contributed by atoms with E-state index >= 15 is 0 Å². The Kier molecular flexibility index (Phi) is 4.62. The van der Waals surface area contributed by atoms with E-state index in [4.69, 9.17) is 9.73 Å². The smallest absolute Gasteiger partial charge is 0.328 e. The molecule has 0 aliphatic carbocycles. The zero-order chi connectivity index (χ0) is 20.7. The highest BCUT2D eigenvalue weighted by Crippen LogP contribution is 2.29. The molecule has 148 valence electrons. The SMILES string of the molecule is COC1=CC(c2cc3ccccc3n2C(=O)N(C)C)=NC1=Cc1[nH]c(C)cc1C. The number of fused-ring (bicyclic) bond motifs is 1. The summed E-state index contributed by atoms with van der Waals surface area (Å²) >= 11 is 0. The van der Waals surface area contributed by atoms with Crippen molar-refractivity contribution in [2.75, 3.05) is 21.2 Å². The highest BCUT2D eigenvalue weighted by atomic mass is 16.5. The lowest BCUT2D eigenvalue weighted by molar-refractivity contribution is 0.220. The van der Waals surface area contributed by atoms with Gasteiger partial charge in [-0.1, -0.05) is 18.2 Å². The van der Waals surface area contributed by atoms with Gasteiger partial charge in [0.15, 0.2) is 0 Å². The normalized spacial score (nSPS) is 15.0. The summed E-state index contributed by atoms with van der Waals surface area (Å²) < 4.78 is 7.28. The third kappa shape index (κ3) is 3.27. The van der Waals surface area contributed by atoms with Crippen LogP contribution in [0.1, 0.15) is 22.6 Å². The average molecular weight is 388 g/mol. The van der Waals surface area contributed by atoms with Crippen LogP contribution in [0, 0.1) is 13.8 Å². The summed E-state index contributed by atoms with van der Waals surface area (Å²) in [4.78, 5) is 22.6. The standard InChI is InChI=1S/C23H24N4O2/c1-14-10-15(2)24-17(14)12-19-22(29-5)13-18(25-19)21-11-16-8-6-7-9-20(16)27(21)23(28)26(3)4/h6-13,24H,1-5H3. The Hall–Kier alpha value is -3.54. The molecule has 6 heteroatoms. The van der Waals surface area contributed by atoms with Gasteiger partial charge in [0.25, 0.3) is 0 Å². The van der Waals surface area contributed by atoms with Crippen molar-refractivity contribution in [2.45, 2.75) is 13.8 Å². The molecule has 0 unspecified atom stereocenters. The van der Waals surface area contributed by atoms with Crippen LogP contribution in [-0.4, -0.2) is 47.4 Å². The Bertz CT molecular complexity index is 1200. The highest BCUT2D eigenvalue weighted by molar-refractivity contribution is 6.15. The number of methoxy groups -OCH3 is 1. The first-order chi connectivity index (χ1) is 13.9. The predicted octanol–water partition coefficient (Wildman–Crippen LogP) is 4.49. The molecule has 2 aromatic heterocycles. The molecule has 0 saturated heterocycles. The number of aliphatic imine (C=N–C) groups is 1. The third-order valence-electron chi connectivity index (χ3n) is 5.00. The van der Waals surface area contributed by atoms with Crippen LogP contribution in [0.2, 0.25) is 0 Å². The first-order valence-electron chi connectivity index (χ1n) is 9.44. The number of carbonyl (C=O) groups excluding carboxylic acids is 1. The second kappa shape index (κ2) is 7.13. The maximum atomic E-state index is 12.9. The summed E-state index contributed by atoms with van der Waals surface area (Å²) in [7, 11) is 5.12. The van der Waals surface area contributed by atoms with Gasteiger partial charge in [0, 0.05) is 36.9 Å². The van der Waals surface area contributed by atoms with Crippen molar-refractivity contribution in [1.29, 1.82) is 0 Å². The molecule has 0 spiro atoms. The number of ether oxygens (including phenoxy) is 1. The number of H-pyrrole nitrogens is 1. The zero-order valence-corrected chi connectivity index (χ0v) is 17.3. The minimum Gasteiger partial charge on any atom is -0.494 e. The van der Waals surface area contributed by atoms with Crippen molar-refractivity contribution in [1.82, 2.24) is 14.5 Å². The number of carbonyl (C=O) groups is 1. The molecule has 1 N–H and O–H groups in total. The van der Waals surface area contributed by atoms with E-state index in [1.807, 2.05) is 49.4 Å². The quantitative estimate of drug-likeness (QED) is 0.719. The van der Waals surface area contributed by atoms with Crippen LogP contribution in [-0.2, 0) is 4.74 Å². The second-order valence-electron chi connectivity index (χ2n) is 7.39. The molecule has 0 radical (unpaired) electrons. The summed E-state index contributed by atoms with van der Waals surface area (Å²) in [6.45, 7) is 4.08. The number of para-hydroxylation sites is 1. The lowest BCUT2D eigenvalue weighted by Crippen LogP contribution is -2.29. The molecule has 1 amide bonds. The lowest BCUT2D eigenvalue weighted by Gasteiger charge is -2.14. The van der Waals surface area contributed by atoms with Gasteiger partial charge in [0.2, 0.25) is 0 Å². The van der Waals surface area contributed by atoms with Gasteiger partial charge in [0.05, 0.1) is 24.0 Å². The molecule has 3 heterocycles. The van der Waals surface area contributed by atoms with E-state index in [-0.39, 0.29) is 6.03 Å². The van der Waals surface area contributed by atoms with Crippen LogP contribution >= 0.6 is 0 Å². The van der Waals surface area contributed by atoms with E-state index in [1.54, 1.807) is 30.7 Å². The van der Waals surface area contributed by atoms with E-state index < -0.39 is 0 Å². The molecule has 29 heavy (non-hydrogen) atoms. The summed E-state index contributed by atoms with van der Waals surface area (Å²) in [5.41, 5.74) is 6.24. The maximum Gasteiger partial charge on any atom is 0.328 e. The van der Waals surface area contributed by atoms with Gasteiger partial charge in [-0.3, -0.25) is 4.57 Å². The molecule has 1 aromatic carbocycles. The van der Waals surface area contributed by atoms with Gasteiger partial charge in [0.1, 0.15) is 11.5 Å². The van der Waals surface area contributed by atoms with E-state index in [2.05, 4.69) is 18.0 Å². The van der Waals surface area contributed by atoms with Crippen LogP contribution in [0.3, 0.4) is 0 Å². The predicted molar refractivity (Wildman–Crippen MR) is 116 cm³/mol. The zero-order valence-electron chi connectivity index (χ0n) is 17.3. The van der Waals surface area contributed by atoms with E-state index in [1.165, 1.54) is 0 Å². The Morgan fingerprint density at radius 3 is 2.62 bits per heavy atom. The molecule has 0 atom stereocenters. The molecule has 1 aliphatic heterocycles. The number of aromatic nitrogens is 2. The van der Waals surface area contributed by atoms with E-state index in [0.717, 1.165) is 39.2 Å². The largest absolute Gasteiger partial charge is 0.494 e. The molecule has 0 bridgehead atoms. The fraction of sp³-hybridized carbons (Fsp3) is 0.217. The summed E-state index contributed by atoms with van der Waals surface area (Å²) in [5, 5.41) is 0.987. The number of hydrogen-bond donors (Lipinski definition) is 1. The van der Waals surface area contributed by atoms with Crippen LogP contribution in [0.4, 0.5) is 4.79 Å². The average Bonchev–Trinajstić information content (AvgIpc) is 3.36. The molecule has 4 rings (SSSR count). The van der Waals surface area contributed by atoms with E-state index in [0.29, 0.717) is 11.5 Å². The highest BCUT2D eigenvalue weighted by Gasteiger charge is 2.24. The monoisotopic (exact) mass is 388 g/mol. The Balaban J connectivity index is 1.88. The number of nitrogens with one attached hydrogen (secondary N) is 1. The van der Waals surface area contributed by atoms with Gasteiger partial charge in [-0.15, -0.1) is 0 Å². The third-order valence-corrected chi connectivity index (χ3v) is 5.00. The van der Waals surface area contributed by atoms with Gasteiger partial charge < -0.3 is 14.6 Å². The topological polar surface area (TPSA) is 62.6 Å². The van der Waals surface area contributed by atoms with Gasteiger partial charge in [-0.2, -0.15) is 0 Å². The minimum atomic E-state index is -0.121. The van der Waals surface area contributed by atoms with Crippen LogP contribution < -0.4 is 0 Å². The van der Waals surface area contributed by atoms with Gasteiger partial charge in [-0.05, 0) is 43.7 Å². The van der Waals surface area contributed by atoms with Crippen LogP contribution in [0.15, 0.2) is 58.9 Å². The second-order valence-corrected chi connectivity index (χ2v) is 7.39. The van der Waals surface area contributed by atoms with Gasteiger partial charge >= 0.3 is 6.03 Å². The van der Waals surface area contributed by atoms with E-state index in [9.17, 15) is 4.79 Å². The number of amides is 1. The molecule has 1 aliphatic rings. The molecule has 0 saturated carbocycles. The number of benzene rings is 1. The summed E-state index contributed by atoms with van der Waals surface area (Å²) in [5.74, 6) is 0.667. The lowest BCUT2D eigenvalue weighted by atomic mass is 10.2. The first-order valence-corrected chi connectivity index (χ1v) is 9.44. The fourth-order valence-corrected chi connectivity index (χ4v) is 3.60. The number of nitrogens with zero attached hydrogens (tertiary/aromatic N) is 3. The van der Waals surface area contributed by atoms with Crippen molar-refractivity contribution in [3.8, 4) is 0 Å². The number of rotatable bonds is 3. The van der Waals surface area contributed by atoms with Crippen LogP contribution in [0.25, 0.3) is 17.0 Å². The maximum absolute atomic E-state index is 12.9. The minimum absolute atomic E-state index is 0.121. The molecular weight excluding hydrogens is 364 g/mol. The Morgan fingerprint density at radius 1 is 1.21 bits per heavy atom. The van der Waals surface area contributed by atoms with Crippen molar-refractivity contribution >= 4 is 28.7 Å². The summed E-state index contributed by atoms with van der Waals surface area (Å²) in [6, 6.07) is 11.8. The Morgan fingerprint density at radius 2 is 1.97 bits per heavy atom. The number of aromatic amines is 1.